The van der Waals surface area contributed by atoms with Gasteiger partial charge in [-0.2, -0.15) is 0 Å². The predicted molar refractivity (Wildman–Crippen MR) is 86.9 cm³/mol. The second-order valence-electron chi connectivity index (χ2n) is 5.15. The SMILES string of the molecule is CCOC(=O)C1=C(C)NC(=S)N[C@@H]1c1cc(C)ccc1C. The topological polar surface area (TPSA) is 50.4 Å². The highest BCUT2D eigenvalue weighted by Crippen LogP contribution is 2.30. The van der Waals surface area contributed by atoms with Crippen LogP contribution in [0.2, 0.25) is 0 Å². The van der Waals surface area contributed by atoms with E-state index in [-0.39, 0.29) is 12.0 Å². The molecule has 0 spiro atoms. The van der Waals surface area contributed by atoms with E-state index in [1.54, 1.807) is 6.92 Å². The minimum absolute atomic E-state index is 0.280. The quantitative estimate of drug-likeness (QED) is 0.664. The van der Waals surface area contributed by atoms with E-state index in [4.69, 9.17) is 17.0 Å². The average Bonchev–Trinajstić information content (AvgIpc) is 2.40. The molecule has 21 heavy (non-hydrogen) atoms. The van der Waals surface area contributed by atoms with E-state index in [0.29, 0.717) is 17.3 Å². The van der Waals surface area contributed by atoms with Crippen molar-refractivity contribution in [2.24, 2.45) is 0 Å². The normalized spacial score (nSPS) is 18.1. The fraction of sp³-hybridized carbons (Fsp3) is 0.375. The molecule has 4 nitrogen and oxygen atoms in total. The van der Waals surface area contributed by atoms with E-state index in [0.717, 1.165) is 22.4 Å². The van der Waals surface area contributed by atoms with Gasteiger partial charge in [0.2, 0.25) is 0 Å². The van der Waals surface area contributed by atoms with E-state index in [1.165, 1.54) is 0 Å². The lowest BCUT2D eigenvalue weighted by atomic mass is 9.91. The first kappa shape index (κ1) is 15.5. The van der Waals surface area contributed by atoms with Gasteiger partial charge in [-0.05, 0) is 51.0 Å². The smallest absolute Gasteiger partial charge is 0.338 e. The molecule has 1 heterocycles. The molecule has 5 heteroatoms. The Morgan fingerprint density at radius 2 is 2.05 bits per heavy atom. The monoisotopic (exact) mass is 304 g/mol. The Labute approximate surface area is 130 Å². The molecule has 1 aromatic carbocycles. The molecule has 0 aromatic heterocycles. The Kier molecular flexibility index (Phi) is 4.63. The molecular weight excluding hydrogens is 284 g/mol. The second kappa shape index (κ2) is 6.26. The number of esters is 1. The van der Waals surface area contributed by atoms with E-state index < -0.39 is 0 Å². The number of nitrogens with one attached hydrogen (secondary N) is 2. The number of thiocarbonyl (C=S) groups is 1. The fourth-order valence-electron chi connectivity index (χ4n) is 2.48. The number of allylic oxidation sites excluding steroid dienone is 1. The van der Waals surface area contributed by atoms with Crippen molar-refractivity contribution in [3.8, 4) is 0 Å². The molecule has 2 N–H and O–H groups in total. The summed E-state index contributed by atoms with van der Waals surface area (Å²) < 4.78 is 5.19. The van der Waals surface area contributed by atoms with Crippen LogP contribution in [-0.2, 0) is 9.53 Å². The maximum Gasteiger partial charge on any atom is 0.338 e. The summed E-state index contributed by atoms with van der Waals surface area (Å²) in [4.78, 5) is 12.3. The first-order valence-electron chi connectivity index (χ1n) is 6.96. The van der Waals surface area contributed by atoms with Gasteiger partial charge in [0.05, 0.1) is 18.2 Å². The van der Waals surface area contributed by atoms with Crippen LogP contribution in [0.4, 0.5) is 0 Å². The van der Waals surface area contributed by atoms with Crippen LogP contribution >= 0.6 is 12.2 Å². The van der Waals surface area contributed by atoms with Gasteiger partial charge >= 0.3 is 5.97 Å². The van der Waals surface area contributed by atoms with Crippen LogP contribution in [0.25, 0.3) is 0 Å². The molecule has 0 amide bonds. The largest absolute Gasteiger partial charge is 0.463 e. The fourth-order valence-corrected chi connectivity index (χ4v) is 2.75. The van der Waals surface area contributed by atoms with E-state index >= 15 is 0 Å². The van der Waals surface area contributed by atoms with Crippen molar-refractivity contribution in [1.82, 2.24) is 10.6 Å². The van der Waals surface area contributed by atoms with Crippen molar-refractivity contribution in [3.63, 3.8) is 0 Å². The number of carbonyl (C=O) groups is 1. The number of carbonyl (C=O) groups excluding carboxylic acids is 1. The lowest BCUT2D eigenvalue weighted by Gasteiger charge is -2.30. The summed E-state index contributed by atoms with van der Waals surface area (Å²) in [5, 5.41) is 6.70. The van der Waals surface area contributed by atoms with Gasteiger partial charge in [-0.1, -0.05) is 23.8 Å². The van der Waals surface area contributed by atoms with Crippen molar-refractivity contribution in [1.29, 1.82) is 0 Å². The van der Waals surface area contributed by atoms with Crippen molar-refractivity contribution in [2.45, 2.75) is 33.7 Å². The van der Waals surface area contributed by atoms with Crippen LogP contribution in [0.15, 0.2) is 29.5 Å². The molecule has 0 aliphatic carbocycles. The molecule has 1 atom stereocenters. The van der Waals surface area contributed by atoms with Gasteiger partial charge in [0, 0.05) is 5.70 Å². The first-order valence-corrected chi connectivity index (χ1v) is 7.37. The summed E-state index contributed by atoms with van der Waals surface area (Å²) >= 11 is 5.23. The molecule has 0 saturated heterocycles. The van der Waals surface area contributed by atoms with Crippen LogP contribution in [0.3, 0.4) is 0 Å². The van der Waals surface area contributed by atoms with Gasteiger partial charge in [-0.3, -0.25) is 0 Å². The van der Waals surface area contributed by atoms with Crippen LogP contribution in [0, 0.1) is 13.8 Å². The van der Waals surface area contributed by atoms with Gasteiger partial charge in [0.1, 0.15) is 0 Å². The molecular formula is C16H20N2O2S. The molecule has 0 fully saturated rings. The third-order valence-corrected chi connectivity index (χ3v) is 3.73. The Hall–Kier alpha value is -1.88. The number of hydrogen-bond acceptors (Lipinski definition) is 3. The van der Waals surface area contributed by atoms with Crippen LogP contribution < -0.4 is 10.6 Å². The average molecular weight is 304 g/mol. The maximum absolute atomic E-state index is 12.3. The van der Waals surface area contributed by atoms with Crippen molar-refractivity contribution in [2.75, 3.05) is 6.61 Å². The van der Waals surface area contributed by atoms with Crippen LogP contribution in [0.1, 0.15) is 36.6 Å². The summed E-state index contributed by atoms with van der Waals surface area (Å²) in [6.07, 6.45) is 0. The lowest BCUT2D eigenvalue weighted by Crippen LogP contribution is -2.45. The summed E-state index contributed by atoms with van der Waals surface area (Å²) in [7, 11) is 0. The zero-order valence-electron chi connectivity index (χ0n) is 12.7. The third kappa shape index (κ3) is 3.24. The van der Waals surface area contributed by atoms with E-state index in [1.807, 2.05) is 20.8 Å². The number of aryl methyl sites for hydroxylation is 2. The molecule has 0 bridgehead atoms. The van der Waals surface area contributed by atoms with E-state index in [2.05, 4.69) is 28.8 Å². The highest BCUT2D eigenvalue weighted by molar-refractivity contribution is 7.80. The van der Waals surface area contributed by atoms with Crippen molar-refractivity contribution < 1.29 is 9.53 Å². The molecule has 1 aliphatic rings. The second-order valence-corrected chi connectivity index (χ2v) is 5.56. The Balaban J connectivity index is 2.52. The van der Waals surface area contributed by atoms with Gasteiger partial charge in [-0.15, -0.1) is 0 Å². The molecule has 1 aliphatic heterocycles. The first-order chi connectivity index (χ1) is 9.93. The molecule has 112 valence electrons. The highest BCUT2D eigenvalue weighted by Gasteiger charge is 2.31. The van der Waals surface area contributed by atoms with Crippen LogP contribution in [0.5, 0.6) is 0 Å². The molecule has 0 unspecified atom stereocenters. The van der Waals surface area contributed by atoms with E-state index in [9.17, 15) is 4.79 Å². The van der Waals surface area contributed by atoms with Gasteiger partial charge in [0.25, 0.3) is 0 Å². The third-order valence-electron chi connectivity index (χ3n) is 3.51. The van der Waals surface area contributed by atoms with Gasteiger partial charge in [-0.25, -0.2) is 4.79 Å². The maximum atomic E-state index is 12.3. The number of benzene rings is 1. The van der Waals surface area contributed by atoms with Crippen LogP contribution in [-0.4, -0.2) is 17.7 Å². The zero-order valence-corrected chi connectivity index (χ0v) is 13.6. The summed E-state index contributed by atoms with van der Waals surface area (Å²) in [6, 6.07) is 5.90. The lowest BCUT2D eigenvalue weighted by molar-refractivity contribution is -0.139. The summed E-state index contributed by atoms with van der Waals surface area (Å²) in [6.45, 7) is 8.05. The molecule has 0 saturated carbocycles. The van der Waals surface area contributed by atoms with Crippen molar-refractivity contribution in [3.05, 3.63) is 46.2 Å². The molecule has 1 aromatic rings. The van der Waals surface area contributed by atoms with Gasteiger partial charge < -0.3 is 15.4 Å². The molecule has 2 rings (SSSR count). The number of ether oxygens (including phenoxy) is 1. The summed E-state index contributed by atoms with van der Waals surface area (Å²) in [5.41, 5.74) is 4.61. The zero-order chi connectivity index (χ0) is 15.6. The standard InChI is InChI=1S/C16H20N2O2S/c1-5-20-15(19)13-11(4)17-16(21)18-14(13)12-8-9(2)6-7-10(12)3/h6-8,14H,5H2,1-4H3,(H2,17,18,21)/t14-/m1/s1. The van der Waals surface area contributed by atoms with Gasteiger partial charge in [0.15, 0.2) is 5.11 Å². The minimum atomic E-state index is -0.316. The predicted octanol–water partition coefficient (Wildman–Crippen LogP) is 2.66. The number of hydrogen-bond donors (Lipinski definition) is 2. The Bertz CT molecular complexity index is 623. The highest BCUT2D eigenvalue weighted by atomic mass is 32.1. The van der Waals surface area contributed by atoms with Crippen molar-refractivity contribution >= 4 is 23.3 Å². The summed E-state index contributed by atoms with van der Waals surface area (Å²) in [5.74, 6) is -0.316. The Morgan fingerprint density at radius 1 is 1.33 bits per heavy atom. The molecule has 0 radical (unpaired) electrons. The Morgan fingerprint density at radius 3 is 2.71 bits per heavy atom. The number of rotatable bonds is 3. The minimum Gasteiger partial charge on any atom is -0.463 e.